The van der Waals surface area contributed by atoms with Crippen LogP contribution in [0.5, 0.6) is 5.75 Å². The Morgan fingerprint density at radius 3 is 2.22 bits per heavy atom. The van der Waals surface area contributed by atoms with Crippen molar-refractivity contribution in [1.29, 1.82) is 0 Å². The number of halogens is 2. The highest BCUT2D eigenvalue weighted by molar-refractivity contribution is 6.34. The van der Waals surface area contributed by atoms with Crippen molar-refractivity contribution in [2.45, 2.75) is 0 Å². The Bertz CT molecular complexity index is 1180. The maximum absolute atomic E-state index is 12.3. The topological polar surface area (TPSA) is 96.9 Å². The lowest BCUT2D eigenvalue weighted by Gasteiger charge is -2.06. The normalized spacial score (nSPS) is 10.6. The Labute approximate surface area is 194 Å². The summed E-state index contributed by atoms with van der Waals surface area (Å²) >= 11 is 12.0. The zero-order chi connectivity index (χ0) is 22.9. The molecule has 2 amide bonds. The van der Waals surface area contributed by atoms with Gasteiger partial charge in [-0.05, 0) is 42.0 Å². The van der Waals surface area contributed by atoms with Crippen LogP contribution in [-0.2, 0) is 4.79 Å². The second-order valence-electron chi connectivity index (χ2n) is 6.40. The van der Waals surface area contributed by atoms with Gasteiger partial charge in [-0.2, -0.15) is 5.10 Å². The lowest BCUT2D eigenvalue weighted by molar-refractivity contribution is -0.120. The molecule has 3 aromatic carbocycles. The summed E-state index contributed by atoms with van der Waals surface area (Å²) in [5.41, 5.74) is 3.40. The molecule has 0 unspecified atom stereocenters. The Kier molecular flexibility index (Phi) is 7.96. The molecule has 0 heterocycles. The van der Waals surface area contributed by atoms with Gasteiger partial charge in [-0.15, -0.1) is 0 Å². The van der Waals surface area contributed by atoms with E-state index in [1.807, 2.05) is 0 Å². The summed E-state index contributed by atoms with van der Waals surface area (Å²) in [5.74, 6) is -1.30. The minimum atomic E-state index is -0.591. The summed E-state index contributed by atoms with van der Waals surface area (Å²) < 4.78 is 5.34. The summed E-state index contributed by atoms with van der Waals surface area (Å²) in [4.78, 5) is 36.2. The molecule has 0 aliphatic rings. The molecule has 32 heavy (non-hydrogen) atoms. The van der Waals surface area contributed by atoms with E-state index in [0.29, 0.717) is 15.6 Å². The van der Waals surface area contributed by atoms with Crippen LogP contribution >= 0.6 is 23.2 Å². The number of nitrogens with one attached hydrogen (secondary N) is 2. The Morgan fingerprint density at radius 1 is 0.875 bits per heavy atom. The van der Waals surface area contributed by atoms with E-state index in [0.717, 1.165) is 0 Å². The van der Waals surface area contributed by atoms with Gasteiger partial charge in [-0.25, -0.2) is 10.2 Å². The Morgan fingerprint density at radius 2 is 1.53 bits per heavy atom. The van der Waals surface area contributed by atoms with Crippen molar-refractivity contribution in [3.63, 3.8) is 0 Å². The smallest absolute Gasteiger partial charge is 0.345 e. The first-order valence-electron chi connectivity index (χ1n) is 9.35. The van der Waals surface area contributed by atoms with Gasteiger partial charge in [-0.1, -0.05) is 59.6 Å². The molecule has 3 aromatic rings. The first-order chi connectivity index (χ1) is 15.4. The van der Waals surface area contributed by atoms with Crippen molar-refractivity contribution in [3.05, 3.63) is 99.5 Å². The first-order valence-corrected chi connectivity index (χ1v) is 10.1. The third kappa shape index (κ3) is 6.41. The highest BCUT2D eigenvalue weighted by Crippen LogP contribution is 2.19. The minimum Gasteiger partial charge on any atom is -0.423 e. The van der Waals surface area contributed by atoms with E-state index in [2.05, 4.69) is 15.8 Å². The predicted molar refractivity (Wildman–Crippen MR) is 122 cm³/mol. The summed E-state index contributed by atoms with van der Waals surface area (Å²) in [7, 11) is 0. The number of carbonyl (C=O) groups excluding carboxylic acids is 3. The van der Waals surface area contributed by atoms with Crippen molar-refractivity contribution in [2.75, 3.05) is 6.54 Å². The third-order valence-electron chi connectivity index (χ3n) is 4.09. The van der Waals surface area contributed by atoms with E-state index in [-0.39, 0.29) is 23.4 Å². The highest BCUT2D eigenvalue weighted by atomic mass is 35.5. The van der Waals surface area contributed by atoms with Crippen LogP contribution in [0, 0.1) is 0 Å². The van der Waals surface area contributed by atoms with Gasteiger partial charge >= 0.3 is 5.97 Å². The van der Waals surface area contributed by atoms with Crippen molar-refractivity contribution in [2.24, 2.45) is 5.10 Å². The number of hydrogen-bond acceptors (Lipinski definition) is 5. The van der Waals surface area contributed by atoms with Crippen LogP contribution < -0.4 is 15.5 Å². The van der Waals surface area contributed by atoms with Gasteiger partial charge < -0.3 is 10.1 Å². The summed E-state index contributed by atoms with van der Waals surface area (Å²) in [6, 6.07) is 19.6. The SMILES string of the molecule is O=C(CNC(=O)c1ccccc1Cl)NN=Cc1cccc(OC(=O)c2ccccc2Cl)c1. The number of hydrazone groups is 1. The largest absolute Gasteiger partial charge is 0.423 e. The molecule has 0 fully saturated rings. The molecule has 0 saturated carbocycles. The molecule has 0 aromatic heterocycles. The second kappa shape index (κ2) is 11.1. The molecule has 3 rings (SSSR count). The number of hydrogen-bond donors (Lipinski definition) is 2. The van der Waals surface area contributed by atoms with Crippen LogP contribution in [0.4, 0.5) is 0 Å². The van der Waals surface area contributed by atoms with Crippen molar-refractivity contribution >= 4 is 47.2 Å². The molecular weight excluding hydrogens is 453 g/mol. The van der Waals surface area contributed by atoms with E-state index in [1.165, 1.54) is 6.21 Å². The number of nitrogens with zero attached hydrogens (tertiary/aromatic N) is 1. The lowest BCUT2D eigenvalue weighted by atomic mass is 10.2. The van der Waals surface area contributed by atoms with Gasteiger partial charge in [0.25, 0.3) is 11.8 Å². The zero-order valence-corrected chi connectivity index (χ0v) is 18.1. The number of ether oxygens (including phenoxy) is 1. The molecule has 0 aliphatic carbocycles. The minimum absolute atomic E-state index is 0.249. The van der Waals surface area contributed by atoms with Crippen LogP contribution in [-0.4, -0.2) is 30.5 Å². The van der Waals surface area contributed by atoms with Gasteiger partial charge in [0.05, 0.1) is 33.9 Å². The predicted octanol–water partition coefficient (Wildman–Crippen LogP) is 4.09. The number of amides is 2. The summed E-state index contributed by atoms with van der Waals surface area (Å²) in [6.07, 6.45) is 1.38. The molecule has 9 heteroatoms. The van der Waals surface area contributed by atoms with Crippen molar-refractivity contribution in [3.8, 4) is 5.75 Å². The molecule has 0 aliphatic heterocycles. The molecule has 0 atom stereocenters. The maximum Gasteiger partial charge on any atom is 0.345 e. The van der Waals surface area contributed by atoms with Gasteiger partial charge in [0.1, 0.15) is 5.75 Å². The Hall–Kier alpha value is -3.68. The zero-order valence-electron chi connectivity index (χ0n) is 16.5. The fourth-order valence-electron chi connectivity index (χ4n) is 2.57. The Balaban J connectivity index is 1.52. The van der Waals surface area contributed by atoms with E-state index < -0.39 is 17.8 Å². The van der Waals surface area contributed by atoms with Gasteiger partial charge in [-0.3, -0.25) is 9.59 Å². The molecule has 0 radical (unpaired) electrons. The molecule has 162 valence electrons. The lowest BCUT2D eigenvalue weighted by Crippen LogP contribution is -2.35. The molecule has 0 spiro atoms. The van der Waals surface area contributed by atoms with Gasteiger partial charge in [0.15, 0.2) is 0 Å². The monoisotopic (exact) mass is 469 g/mol. The van der Waals surface area contributed by atoms with Crippen LogP contribution in [0.1, 0.15) is 26.3 Å². The number of rotatable bonds is 7. The third-order valence-corrected chi connectivity index (χ3v) is 4.75. The number of benzene rings is 3. The number of carbonyl (C=O) groups is 3. The van der Waals surface area contributed by atoms with Crippen molar-refractivity contribution in [1.82, 2.24) is 10.7 Å². The number of esters is 1. The van der Waals surface area contributed by atoms with Crippen LogP contribution in [0.2, 0.25) is 10.0 Å². The standard InChI is InChI=1S/C23H17Cl2N3O4/c24-19-10-3-1-8-17(19)22(30)26-14-21(29)28-27-13-15-6-5-7-16(12-15)32-23(31)18-9-2-4-11-20(18)25/h1-13H,14H2,(H,26,30)(H,28,29). The van der Waals surface area contributed by atoms with E-state index in [1.54, 1.807) is 72.8 Å². The average Bonchev–Trinajstić information content (AvgIpc) is 2.78. The van der Waals surface area contributed by atoms with Crippen LogP contribution in [0.25, 0.3) is 0 Å². The quantitative estimate of drug-likeness (QED) is 0.235. The fraction of sp³-hybridized carbons (Fsp3) is 0.0435. The molecule has 7 nitrogen and oxygen atoms in total. The van der Waals surface area contributed by atoms with E-state index in [9.17, 15) is 14.4 Å². The first kappa shape index (κ1) is 23.0. The molecule has 0 saturated heterocycles. The second-order valence-corrected chi connectivity index (χ2v) is 7.21. The average molecular weight is 470 g/mol. The van der Waals surface area contributed by atoms with Crippen LogP contribution in [0.3, 0.4) is 0 Å². The molecule has 2 N–H and O–H groups in total. The summed E-state index contributed by atoms with van der Waals surface area (Å²) in [6.45, 7) is -0.281. The molecule has 0 bridgehead atoms. The molecular formula is C23H17Cl2N3O4. The fourth-order valence-corrected chi connectivity index (χ4v) is 3.00. The highest BCUT2D eigenvalue weighted by Gasteiger charge is 2.12. The van der Waals surface area contributed by atoms with E-state index in [4.69, 9.17) is 27.9 Å². The maximum atomic E-state index is 12.3. The van der Waals surface area contributed by atoms with E-state index >= 15 is 0 Å². The van der Waals surface area contributed by atoms with Crippen LogP contribution in [0.15, 0.2) is 77.9 Å². The van der Waals surface area contributed by atoms with Crippen molar-refractivity contribution < 1.29 is 19.1 Å². The van der Waals surface area contributed by atoms with Gasteiger partial charge in [0.2, 0.25) is 0 Å². The summed E-state index contributed by atoms with van der Waals surface area (Å²) in [5, 5.41) is 6.88. The van der Waals surface area contributed by atoms with Gasteiger partial charge in [0, 0.05) is 0 Å².